The Kier molecular flexibility index (Phi) is 4.11. The number of ether oxygens (including phenoxy) is 1. The van der Waals surface area contributed by atoms with Crippen molar-refractivity contribution in [2.24, 2.45) is 5.73 Å². The predicted octanol–water partition coefficient (Wildman–Crippen LogP) is 1.74. The monoisotopic (exact) mass is 272 g/mol. The molecular formula is C10H13BrN2O2. The lowest BCUT2D eigenvalue weighted by molar-refractivity contribution is -0.117. The fourth-order valence-electron chi connectivity index (χ4n) is 1.01. The molecule has 15 heavy (non-hydrogen) atoms. The fourth-order valence-corrected chi connectivity index (χ4v) is 1.48. The first-order chi connectivity index (χ1) is 7.02. The van der Waals surface area contributed by atoms with Gasteiger partial charge in [-0.2, -0.15) is 0 Å². The summed E-state index contributed by atoms with van der Waals surface area (Å²) in [6, 6.07) is 4.78. The van der Waals surface area contributed by atoms with Crippen LogP contribution in [0.1, 0.15) is 6.92 Å². The molecule has 0 aromatic heterocycles. The molecule has 5 heteroatoms. The molecule has 0 saturated carbocycles. The second-order valence-electron chi connectivity index (χ2n) is 3.16. The summed E-state index contributed by atoms with van der Waals surface area (Å²) in [4.78, 5) is 11.3. The summed E-state index contributed by atoms with van der Waals surface area (Å²) in [5, 5.41) is 2.68. The first-order valence-electron chi connectivity index (χ1n) is 4.44. The number of nitrogens with one attached hydrogen (secondary N) is 1. The number of hydrogen-bond donors (Lipinski definition) is 2. The highest BCUT2D eigenvalue weighted by atomic mass is 79.9. The number of methoxy groups -OCH3 is 1. The van der Waals surface area contributed by atoms with Gasteiger partial charge >= 0.3 is 0 Å². The van der Waals surface area contributed by atoms with Crippen LogP contribution in [0.15, 0.2) is 22.7 Å². The van der Waals surface area contributed by atoms with E-state index in [0.29, 0.717) is 11.4 Å². The van der Waals surface area contributed by atoms with Crippen molar-refractivity contribution < 1.29 is 9.53 Å². The molecule has 1 rings (SSSR count). The van der Waals surface area contributed by atoms with Crippen LogP contribution in [0.4, 0.5) is 5.69 Å². The summed E-state index contributed by atoms with van der Waals surface area (Å²) in [6.45, 7) is 1.63. The lowest BCUT2D eigenvalue weighted by Gasteiger charge is -2.09. The molecule has 1 aromatic rings. The smallest absolute Gasteiger partial charge is 0.241 e. The molecule has 0 heterocycles. The van der Waals surface area contributed by atoms with E-state index in [2.05, 4.69) is 21.2 Å². The molecule has 1 unspecified atom stereocenters. The van der Waals surface area contributed by atoms with E-state index in [9.17, 15) is 4.79 Å². The van der Waals surface area contributed by atoms with Crippen LogP contribution in [0.25, 0.3) is 0 Å². The summed E-state index contributed by atoms with van der Waals surface area (Å²) < 4.78 is 5.90. The average molecular weight is 273 g/mol. The molecule has 4 nitrogen and oxygen atoms in total. The SMILES string of the molecule is COc1cc(Br)cc(NC(=O)C(C)N)c1. The molecular weight excluding hydrogens is 260 g/mol. The molecule has 3 N–H and O–H groups in total. The number of hydrogen-bond acceptors (Lipinski definition) is 3. The zero-order chi connectivity index (χ0) is 11.4. The fraction of sp³-hybridized carbons (Fsp3) is 0.300. The maximum Gasteiger partial charge on any atom is 0.241 e. The van der Waals surface area contributed by atoms with Gasteiger partial charge in [-0.3, -0.25) is 4.79 Å². The standard InChI is InChI=1S/C10H13BrN2O2/c1-6(12)10(14)13-8-3-7(11)4-9(5-8)15-2/h3-6H,12H2,1-2H3,(H,13,14). The first kappa shape index (κ1) is 12.0. The number of rotatable bonds is 3. The van der Waals surface area contributed by atoms with Gasteiger partial charge in [0.2, 0.25) is 5.91 Å². The van der Waals surface area contributed by atoms with Crippen molar-refractivity contribution in [3.8, 4) is 5.75 Å². The van der Waals surface area contributed by atoms with Crippen LogP contribution in [-0.2, 0) is 4.79 Å². The van der Waals surface area contributed by atoms with Crippen molar-refractivity contribution >= 4 is 27.5 Å². The molecule has 0 fully saturated rings. The summed E-state index contributed by atoms with van der Waals surface area (Å²) in [5.41, 5.74) is 6.09. The number of halogens is 1. The number of carbonyl (C=O) groups excluding carboxylic acids is 1. The maximum absolute atomic E-state index is 11.3. The van der Waals surface area contributed by atoms with Gasteiger partial charge in [-0.15, -0.1) is 0 Å². The third-order valence-electron chi connectivity index (χ3n) is 1.79. The molecule has 82 valence electrons. The molecule has 0 aliphatic carbocycles. The van der Waals surface area contributed by atoms with Gasteiger partial charge in [0, 0.05) is 16.2 Å². The Bertz CT molecular complexity index is 366. The minimum Gasteiger partial charge on any atom is -0.497 e. The van der Waals surface area contributed by atoms with Gasteiger partial charge < -0.3 is 15.8 Å². The molecule has 0 aliphatic rings. The summed E-state index contributed by atoms with van der Waals surface area (Å²) in [6.07, 6.45) is 0. The predicted molar refractivity (Wildman–Crippen MR) is 63.0 cm³/mol. The van der Waals surface area contributed by atoms with Crippen LogP contribution in [0, 0.1) is 0 Å². The van der Waals surface area contributed by atoms with Gasteiger partial charge in [-0.05, 0) is 19.1 Å². The van der Waals surface area contributed by atoms with Gasteiger partial charge in [0.05, 0.1) is 13.2 Å². The number of nitrogens with two attached hydrogens (primary N) is 1. The first-order valence-corrected chi connectivity index (χ1v) is 5.23. The Balaban J connectivity index is 2.85. The van der Waals surface area contributed by atoms with Gasteiger partial charge in [0.1, 0.15) is 5.75 Å². The minimum absolute atomic E-state index is 0.227. The normalized spacial score (nSPS) is 12.0. The van der Waals surface area contributed by atoms with Gasteiger partial charge in [0.25, 0.3) is 0 Å². The third kappa shape index (κ3) is 3.53. The van der Waals surface area contributed by atoms with E-state index in [-0.39, 0.29) is 5.91 Å². The zero-order valence-electron chi connectivity index (χ0n) is 8.58. The second kappa shape index (κ2) is 5.14. The Morgan fingerprint density at radius 1 is 1.53 bits per heavy atom. The lowest BCUT2D eigenvalue weighted by atomic mass is 10.2. The molecule has 1 atom stereocenters. The molecule has 0 saturated heterocycles. The summed E-state index contributed by atoms with van der Waals surface area (Å²) in [5.74, 6) is 0.444. The number of anilines is 1. The van der Waals surface area contributed by atoms with Crippen molar-refractivity contribution in [1.29, 1.82) is 0 Å². The Morgan fingerprint density at radius 2 is 2.20 bits per heavy atom. The minimum atomic E-state index is -0.532. The van der Waals surface area contributed by atoms with E-state index >= 15 is 0 Å². The lowest BCUT2D eigenvalue weighted by Crippen LogP contribution is -2.32. The van der Waals surface area contributed by atoms with Crippen molar-refractivity contribution in [2.45, 2.75) is 13.0 Å². The summed E-state index contributed by atoms with van der Waals surface area (Å²) in [7, 11) is 1.57. The van der Waals surface area contributed by atoms with E-state index in [1.807, 2.05) is 6.07 Å². The van der Waals surface area contributed by atoms with Crippen LogP contribution in [-0.4, -0.2) is 19.1 Å². The van der Waals surface area contributed by atoms with Crippen molar-refractivity contribution in [3.05, 3.63) is 22.7 Å². The van der Waals surface area contributed by atoms with Crippen LogP contribution >= 0.6 is 15.9 Å². The van der Waals surface area contributed by atoms with Gasteiger partial charge in [0.15, 0.2) is 0 Å². The van der Waals surface area contributed by atoms with E-state index < -0.39 is 6.04 Å². The topological polar surface area (TPSA) is 64.3 Å². The average Bonchev–Trinajstić information content (AvgIpc) is 2.16. The van der Waals surface area contributed by atoms with E-state index in [0.717, 1.165) is 4.47 Å². The van der Waals surface area contributed by atoms with Gasteiger partial charge in [-0.25, -0.2) is 0 Å². The third-order valence-corrected chi connectivity index (χ3v) is 2.25. The van der Waals surface area contributed by atoms with Crippen molar-refractivity contribution in [1.82, 2.24) is 0 Å². The van der Waals surface area contributed by atoms with Crippen LogP contribution in [0.5, 0.6) is 5.75 Å². The molecule has 0 aliphatic heterocycles. The summed E-state index contributed by atoms with van der Waals surface area (Å²) >= 11 is 3.32. The molecule has 0 bridgehead atoms. The van der Waals surface area contributed by atoms with Gasteiger partial charge in [-0.1, -0.05) is 15.9 Å². The van der Waals surface area contributed by atoms with E-state index in [1.54, 1.807) is 26.2 Å². The Labute approximate surface area is 96.9 Å². The second-order valence-corrected chi connectivity index (χ2v) is 4.07. The van der Waals surface area contributed by atoms with E-state index in [1.165, 1.54) is 0 Å². The molecule has 1 amide bonds. The quantitative estimate of drug-likeness (QED) is 0.881. The number of amides is 1. The molecule has 0 spiro atoms. The largest absolute Gasteiger partial charge is 0.497 e. The highest BCUT2D eigenvalue weighted by Gasteiger charge is 2.08. The Hall–Kier alpha value is -1.07. The highest BCUT2D eigenvalue weighted by Crippen LogP contribution is 2.24. The zero-order valence-corrected chi connectivity index (χ0v) is 10.2. The molecule has 0 radical (unpaired) electrons. The van der Waals surface area contributed by atoms with Crippen LogP contribution in [0.3, 0.4) is 0 Å². The molecule has 1 aromatic carbocycles. The van der Waals surface area contributed by atoms with Crippen molar-refractivity contribution in [2.75, 3.05) is 12.4 Å². The van der Waals surface area contributed by atoms with Crippen molar-refractivity contribution in [3.63, 3.8) is 0 Å². The van der Waals surface area contributed by atoms with Crippen LogP contribution in [0.2, 0.25) is 0 Å². The Morgan fingerprint density at radius 3 is 2.73 bits per heavy atom. The van der Waals surface area contributed by atoms with E-state index in [4.69, 9.17) is 10.5 Å². The highest BCUT2D eigenvalue weighted by molar-refractivity contribution is 9.10. The maximum atomic E-state index is 11.3. The van der Waals surface area contributed by atoms with Crippen LogP contribution < -0.4 is 15.8 Å². The number of carbonyl (C=O) groups is 1. The number of benzene rings is 1.